The lowest BCUT2D eigenvalue weighted by Crippen LogP contribution is -2.46. The number of nitrogens with one attached hydrogen (secondary N) is 2. The van der Waals surface area contributed by atoms with Gasteiger partial charge in [-0.05, 0) is 83.9 Å². The van der Waals surface area contributed by atoms with E-state index in [1.165, 1.54) is 18.9 Å². The number of aliphatic hydroxyl groups is 1. The zero-order valence-corrected chi connectivity index (χ0v) is 22.8. The number of amides is 1. The number of alkyl halides is 3. The third-order valence-corrected chi connectivity index (χ3v) is 7.56. The summed E-state index contributed by atoms with van der Waals surface area (Å²) in [5.41, 5.74) is -0.574. The second kappa shape index (κ2) is 11.4. The van der Waals surface area contributed by atoms with E-state index in [0.29, 0.717) is 23.2 Å². The summed E-state index contributed by atoms with van der Waals surface area (Å²) in [6.07, 6.45) is 3.31. The van der Waals surface area contributed by atoms with Crippen molar-refractivity contribution in [1.29, 1.82) is 0 Å². The predicted octanol–water partition coefficient (Wildman–Crippen LogP) is 4.58. The fourth-order valence-corrected chi connectivity index (χ4v) is 5.49. The van der Waals surface area contributed by atoms with Gasteiger partial charge in [0, 0.05) is 29.9 Å². The minimum absolute atomic E-state index is 0. The summed E-state index contributed by atoms with van der Waals surface area (Å²) in [6.45, 7) is 7.37. The molecule has 0 spiro atoms. The first-order chi connectivity index (χ1) is 18.0. The van der Waals surface area contributed by atoms with Crippen molar-refractivity contribution in [3.63, 3.8) is 0 Å². The number of carbonyl (C=O) groups excluding carboxylic acids is 1. The Bertz CT molecular complexity index is 1310. The predicted molar refractivity (Wildman–Crippen MR) is 144 cm³/mol. The minimum atomic E-state index is -4.66. The molecule has 3 N–H and O–H groups in total. The van der Waals surface area contributed by atoms with Gasteiger partial charge in [0.15, 0.2) is 0 Å². The van der Waals surface area contributed by atoms with E-state index in [4.69, 9.17) is 4.98 Å². The fourth-order valence-electron chi connectivity index (χ4n) is 5.49. The molecule has 3 aromatic rings. The van der Waals surface area contributed by atoms with Gasteiger partial charge in [0.05, 0.1) is 17.0 Å². The van der Waals surface area contributed by atoms with Crippen molar-refractivity contribution in [1.82, 2.24) is 24.6 Å². The largest absolute Gasteiger partial charge is 0.433 e. The first-order valence-electron chi connectivity index (χ1n) is 13.0. The van der Waals surface area contributed by atoms with Crippen LogP contribution in [-0.4, -0.2) is 62.5 Å². The molecule has 2 aliphatic heterocycles. The van der Waals surface area contributed by atoms with E-state index in [0.717, 1.165) is 56.8 Å². The molecule has 3 aromatic heterocycles. The molecule has 0 bridgehead atoms. The lowest BCUT2D eigenvalue weighted by molar-refractivity contribution is -0.141. The average molecular weight is 567 g/mol. The summed E-state index contributed by atoms with van der Waals surface area (Å²) < 4.78 is 41.0. The van der Waals surface area contributed by atoms with Crippen LogP contribution < -0.4 is 10.6 Å². The minimum Gasteiger partial charge on any atom is -0.386 e. The second-order valence-electron chi connectivity index (χ2n) is 10.7. The van der Waals surface area contributed by atoms with Crippen LogP contribution in [0.2, 0.25) is 0 Å². The molecule has 0 saturated carbocycles. The zero-order valence-electron chi connectivity index (χ0n) is 22.0. The highest BCUT2D eigenvalue weighted by molar-refractivity contribution is 6.03. The van der Waals surface area contributed by atoms with Crippen molar-refractivity contribution in [2.24, 2.45) is 0 Å². The molecule has 5 heterocycles. The highest BCUT2D eigenvalue weighted by atomic mass is 35.5. The van der Waals surface area contributed by atoms with Crippen LogP contribution in [0.1, 0.15) is 72.9 Å². The average Bonchev–Trinajstić information content (AvgIpc) is 3.31. The Balaban J connectivity index is 0.00000353. The number of aromatic nitrogens is 3. The van der Waals surface area contributed by atoms with Crippen LogP contribution in [0.4, 0.5) is 18.9 Å². The summed E-state index contributed by atoms with van der Waals surface area (Å²) >= 11 is 0. The molecule has 2 aliphatic rings. The number of imidazole rings is 1. The molecule has 0 unspecified atom stereocenters. The molecular formula is C27H34ClF3N6O2. The van der Waals surface area contributed by atoms with Gasteiger partial charge in [-0.3, -0.25) is 4.79 Å². The normalized spacial score (nSPS) is 18.2. The summed E-state index contributed by atoms with van der Waals surface area (Å²) in [5.74, 6) is -0.489. The Labute approximate surface area is 231 Å². The van der Waals surface area contributed by atoms with Gasteiger partial charge in [0.25, 0.3) is 5.91 Å². The number of anilines is 1. The van der Waals surface area contributed by atoms with Crippen LogP contribution in [0.3, 0.4) is 0 Å². The van der Waals surface area contributed by atoms with Gasteiger partial charge in [0.1, 0.15) is 17.0 Å². The van der Waals surface area contributed by atoms with Gasteiger partial charge in [-0.2, -0.15) is 13.2 Å². The highest BCUT2D eigenvalue weighted by Crippen LogP contribution is 2.33. The maximum atomic E-state index is 13.1. The Kier molecular flexibility index (Phi) is 8.55. The van der Waals surface area contributed by atoms with Gasteiger partial charge in [-0.1, -0.05) is 6.07 Å². The number of hydrogen-bond acceptors (Lipinski definition) is 6. The van der Waals surface area contributed by atoms with Crippen molar-refractivity contribution >= 4 is 29.6 Å². The number of pyridine rings is 2. The molecule has 39 heavy (non-hydrogen) atoms. The fraction of sp³-hybridized carbons (Fsp3) is 0.519. The van der Waals surface area contributed by atoms with E-state index in [2.05, 4.69) is 20.5 Å². The topological polar surface area (TPSA) is 94.8 Å². The Morgan fingerprint density at radius 2 is 1.77 bits per heavy atom. The Morgan fingerprint density at radius 3 is 2.41 bits per heavy atom. The van der Waals surface area contributed by atoms with E-state index < -0.39 is 23.4 Å². The molecule has 5 rings (SSSR count). The van der Waals surface area contributed by atoms with E-state index in [1.807, 2.05) is 6.20 Å². The number of likely N-dealkylation sites (tertiary alicyclic amines) is 1. The van der Waals surface area contributed by atoms with E-state index >= 15 is 0 Å². The van der Waals surface area contributed by atoms with Crippen LogP contribution in [0.5, 0.6) is 0 Å². The second-order valence-corrected chi connectivity index (χ2v) is 10.7. The standard InChI is InChI=1S/C27H33F3N6O2.ClH/c1-26(2,38)19-14-24-33-21(17-8-12-35(13-9-17)18-6-10-31-11-7-18)15-36(24)16-22(19)34-25(37)20-4-3-5-23(32-20)27(28,29)30;/h3-5,14-18,31,38H,6-13H2,1-2H3,(H,34,37);1H. The van der Waals surface area contributed by atoms with Crippen LogP contribution in [0.25, 0.3) is 5.65 Å². The molecular weight excluding hydrogens is 533 g/mol. The number of hydrogen-bond donors (Lipinski definition) is 3. The van der Waals surface area contributed by atoms with Gasteiger partial charge >= 0.3 is 6.18 Å². The maximum Gasteiger partial charge on any atom is 0.433 e. The Morgan fingerprint density at radius 1 is 1.08 bits per heavy atom. The highest BCUT2D eigenvalue weighted by Gasteiger charge is 2.33. The van der Waals surface area contributed by atoms with Crippen molar-refractivity contribution in [3.8, 4) is 0 Å². The van der Waals surface area contributed by atoms with Crippen LogP contribution >= 0.6 is 12.4 Å². The smallest absolute Gasteiger partial charge is 0.386 e. The first kappa shape index (κ1) is 29.3. The molecule has 12 heteroatoms. The van der Waals surface area contributed by atoms with Crippen LogP contribution in [-0.2, 0) is 11.8 Å². The van der Waals surface area contributed by atoms with Gasteiger partial charge in [0.2, 0.25) is 0 Å². The summed E-state index contributed by atoms with van der Waals surface area (Å²) in [6, 6.07) is 5.53. The summed E-state index contributed by atoms with van der Waals surface area (Å²) in [5, 5.41) is 16.9. The number of piperidine rings is 2. The third kappa shape index (κ3) is 6.54. The maximum absolute atomic E-state index is 13.1. The Hall–Kier alpha value is -2.73. The lowest BCUT2D eigenvalue weighted by Gasteiger charge is -2.39. The van der Waals surface area contributed by atoms with Crippen molar-refractivity contribution < 1.29 is 23.1 Å². The summed E-state index contributed by atoms with van der Waals surface area (Å²) in [7, 11) is 0. The SMILES string of the molecule is CC(C)(O)c1cc2nc(C3CCN(C4CCNCC4)CC3)cn2cc1NC(=O)c1cccc(C(F)(F)F)n1.Cl. The molecule has 0 atom stereocenters. The van der Waals surface area contributed by atoms with Crippen LogP contribution in [0, 0.1) is 0 Å². The number of nitrogens with zero attached hydrogens (tertiary/aromatic N) is 4. The van der Waals surface area contributed by atoms with Gasteiger partial charge in [-0.25, -0.2) is 9.97 Å². The number of rotatable bonds is 5. The van der Waals surface area contributed by atoms with Crippen molar-refractivity contribution in [2.45, 2.75) is 63.3 Å². The molecule has 0 radical (unpaired) electrons. The first-order valence-corrected chi connectivity index (χ1v) is 13.0. The third-order valence-electron chi connectivity index (χ3n) is 7.56. The molecule has 0 aliphatic carbocycles. The monoisotopic (exact) mass is 566 g/mol. The molecule has 2 fully saturated rings. The van der Waals surface area contributed by atoms with E-state index in [-0.39, 0.29) is 23.8 Å². The molecule has 0 aromatic carbocycles. The molecule has 8 nitrogen and oxygen atoms in total. The van der Waals surface area contributed by atoms with Crippen molar-refractivity contribution in [2.75, 3.05) is 31.5 Å². The quantitative estimate of drug-likeness (QED) is 0.418. The van der Waals surface area contributed by atoms with Gasteiger partial charge in [-0.15, -0.1) is 12.4 Å². The summed E-state index contributed by atoms with van der Waals surface area (Å²) in [4.78, 5) is 23.8. The zero-order chi connectivity index (χ0) is 27.1. The molecule has 1 amide bonds. The number of fused-ring (bicyclic) bond motifs is 1. The van der Waals surface area contributed by atoms with Crippen molar-refractivity contribution in [3.05, 3.63) is 59.3 Å². The van der Waals surface area contributed by atoms with Gasteiger partial charge < -0.3 is 25.0 Å². The number of carbonyl (C=O) groups is 1. The molecule has 212 valence electrons. The van der Waals surface area contributed by atoms with E-state index in [1.54, 1.807) is 30.5 Å². The number of halogens is 4. The lowest BCUT2D eigenvalue weighted by atomic mass is 9.92. The van der Waals surface area contributed by atoms with Crippen LogP contribution in [0.15, 0.2) is 36.7 Å². The van der Waals surface area contributed by atoms with E-state index in [9.17, 15) is 23.1 Å². The molecule has 2 saturated heterocycles.